The van der Waals surface area contributed by atoms with Crippen LogP contribution in [-0.4, -0.2) is 8.42 Å². The van der Waals surface area contributed by atoms with E-state index in [1.165, 1.54) is 21.5 Å². The Morgan fingerprint density at radius 2 is 1.62 bits per heavy atom. The van der Waals surface area contributed by atoms with Crippen LogP contribution in [0.25, 0.3) is 0 Å². The van der Waals surface area contributed by atoms with E-state index in [2.05, 4.69) is 0 Å². The van der Waals surface area contributed by atoms with Gasteiger partial charge in [-0.15, -0.1) is 0 Å². The predicted molar refractivity (Wildman–Crippen MR) is 81.8 cm³/mol. The van der Waals surface area contributed by atoms with Gasteiger partial charge >= 0.3 is 10.0 Å². The van der Waals surface area contributed by atoms with E-state index in [1.54, 1.807) is 24.5 Å². The number of pyridine rings is 1. The van der Waals surface area contributed by atoms with E-state index in [0.29, 0.717) is 4.90 Å². The molecule has 2 aromatic rings. The average Bonchev–Trinajstić information content (AvgIpc) is 2.47. The summed E-state index contributed by atoms with van der Waals surface area (Å²) >= 11 is 0. The van der Waals surface area contributed by atoms with Crippen molar-refractivity contribution in [1.29, 1.82) is 0 Å². The van der Waals surface area contributed by atoms with Gasteiger partial charge in [0.25, 0.3) is 0 Å². The molecule has 0 atom stereocenters. The van der Waals surface area contributed by atoms with Crippen LogP contribution in [0.15, 0.2) is 41.6 Å². The van der Waals surface area contributed by atoms with Crippen molar-refractivity contribution in [2.75, 3.05) is 0 Å². The maximum atomic E-state index is 12.7. The van der Waals surface area contributed by atoms with Crippen molar-refractivity contribution >= 4 is 10.0 Å². The second kappa shape index (κ2) is 5.26. The van der Waals surface area contributed by atoms with Gasteiger partial charge in [0, 0.05) is 11.1 Å². The molecule has 0 radical (unpaired) electrons. The van der Waals surface area contributed by atoms with Crippen LogP contribution >= 0.6 is 0 Å². The highest BCUT2D eigenvalue weighted by Crippen LogP contribution is 2.23. The lowest BCUT2D eigenvalue weighted by Crippen LogP contribution is -2.43. The monoisotopic (exact) mass is 302 g/mol. The third-order valence-electron chi connectivity index (χ3n) is 4.19. The van der Waals surface area contributed by atoms with Gasteiger partial charge in [-0.2, -0.15) is 8.42 Å². The number of benzene rings is 1. The molecule has 0 unspecified atom stereocenters. The molecule has 0 N–H and O–H groups in total. The number of aryl methyl sites for hydroxylation is 3. The minimum atomic E-state index is -3.50. The van der Waals surface area contributed by atoms with Gasteiger partial charge in [0.15, 0.2) is 12.4 Å². The van der Waals surface area contributed by atoms with Crippen molar-refractivity contribution in [3.05, 3.63) is 58.9 Å². The zero-order chi connectivity index (χ0) is 15.0. The molecule has 0 saturated heterocycles. The Bertz CT molecular complexity index is 777. The first-order chi connectivity index (χ1) is 9.98. The summed E-state index contributed by atoms with van der Waals surface area (Å²) in [4.78, 5) is 0.341. The minimum absolute atomic E-state index is 0.341. The first kappa shape index (κ1) is 14.3. The molecule has 1 aromatic heterocycles. The van der Waals surface area contributed by atoms with E-state index in [0.717, 1.165) is 30.4 Å². The highest BCUT2D eigenvalue weighted by atomic mass is 32.2. The van der Waals surface area contributed by atoms with Crippen molar-refractivity contribution in [2.45, 2.75) is 44.4 Å². The Morgan fingerprint density at radius 1 is 0.952 bits per heavy atom. The summed E-state index contributed by atoms with van der Waals surface area (Å²) < 4.78 is 26.9. The van der Waals surface area contributed by atoms with Crippen molar-refractivity contribution in [3.8, 4) is 0 Å². The molecule has 3 rings (SSSR count). The molecule has 1 aromatic carbocycles. The van der Waals surface area contributed by atoms with Crippen molar-refractivity contribution in [1.82, 2.24) is 0 Å². The Kier molecular flexibility index (Phi) is 3.57. The quantitative estimate of drug-likeness (QED) is 0.800. The molecule has 0 aliphatic heterocycles. The van der Waals surface area contributed by atoms with E-state index >= 15 is 0 Å². The molecule has 21 heavy (non-hydrogen) atoms. The number of hydrogen-bond acceptors (Lipinski definition) is 2. The summed E-state index contributed by atoms with van der Waals surface area (Å²) in [5.74, 6) is 0. The maximum absolute atomic E-state index is 12.7. The van der Waals surface area contributed by atoms with Gasteiger partial charge in [-0.05, 0) is 57.2 Å². The van der Waals surface area contributed by atoms with E-state index in [4.69, 9.17) is 0 Å². The average molecular weight is 302 g/mol. The fourth-order valence-electron chi connectivity index (χ4n) is 2.95. The smallest absolute Gasteiger partial charge is 0.158 e. The molecule has 1 aliphatic rings. The normalized spacial score (nSPS) is 14.8. The molecule has 110 valence electrons. The van der Waals surface area contributed by atoms with Crippen molar-refractivity contribution in [2.24, 2.45) is 0 Å². The van der Waals surface area contributed by atoms with E-state index < -0.39 is 10.0 Å². The summed E-state index contributed by atoms with van der Waals surface area (Å²) in [6.07, 6.45) is 7.92. The first-order valence-electron chi connectivity index (χ1n) is 7.34. The highest BCUT2D eigenvalue weighted by Gasteiger charge is 2.28. The van der Waals surface area contributed by atoms with Crippen LogP contribution in [0.1, 0.15) is 35.1 Å². The van der Waals surface area contributed by atoms with Crippen LogP contribution < -0.4 is 3.97 Å². The fraction of sp³-hybridized carbons (Fsp3) is 0.353. The second-order valence-electron chi connectivity index (χ2n) is 5.80. The predicted octanol–water partition coefficient (Wildman–Crippen LogP) is 2.71. The van der Waals surface area contributed by atoms with Crippen LogP contribution in [0, 0.1) is 13.8 Å². The van der Waals surface area contributed by atoms with E-state index in [9.17, 15) is 8.42 Å². The number of rotatable bonds is 2. The summed E-state index contributed by atoms with van der Waals surface area (Å²) in [6.45, 7) is 3.96. The van der Waals surface area contributed by atoms with Gasteiger partial charge < -0.3 is 0 Å². The van der Waals surface area contributed by atoms with Crippen molar-refractivity contribution < 1.29 is 12.4 Å². The van der Waals surface area contributed by atoms with Crippen LogP contribution in [0.2, 0.25) is 0 Å². The Labute approximate surface area is 126 Å². The number of fused-ring (bicyclic) bond motifs is 1. The molecule has 3 nitrogen and oxygen atoms in total. The molecular formula is C17H20NO2S+. The van der Waals surface area contributed by atoms with E-state index in [1.807, 2.05) is 26.0 Å². The van der Waals surface area contributed by atoms with Crippen LogP contribution in [0.5, 0.6) is 0 Å². The Balaban J connectivity index is 2.11. The third kappa shape index (κ3) is 2.60. The van der Waals surface area contributed by atoms with Gasteiger partial charge in [0.05, 0.1) is 0 Å². The number of hydrogen-bond donors (Lipinski definition) is 0. The third-order valence-corrected chi connectivity index (χ3v) is 5.82. The summed E-state index contributed by atoms with van der Waals surface area (Å²) in [6, 6.07) is 7.01. The van der Waals surface area contributed by atoms with Gasteiger partial charge in [-0.3, -0.25) is 0 Å². The topological polar surface area (TPSA) is 38.0 Å². The maximum Gasteiger partial charge on any atom is 0.399 e. The minimum Gasteiger partial charge on any atom is -0.158 e. The molecule has 0 amide bonds. The lowest BCUT2D eigenvalue weighted by Gasteiger charge is -2.15. The Morgan fingerprint density at radius 3 is 2.33 bits per heavy atom. The van der Waals surface area contributed by atoms with Gasteiger partial charge in [-0.1, -0.05) is 21.7 Å². The highest BCUT2D eigenvalue weighted by molar-refractivity contribution is 7.85. The van der Waals surface area contributed by atoms with Crippen LogP contribution in [-0.2, 0) is 22.9 Å². The molecule has 1 heterocycles. The molecule has 0 spiro atoms. The first-order valence-corrected chi connectivity index (χ1v) is 8.78. The lowest BCUT2D eigenvalue weighted by molar-refractivity contribution is -0.512. The SMILES string of the molecule is Cc1ccc(S(=O)(=O)[n+]2cc(C)c3c(c2)CCCC3)cc1. The van der Waals surface area contributed by atoms with Gasteiger partial charge in [0.2, 0.25) is 0 Å². The van der Waals surface area contributed by atoms with Crippen LogP contribution in [0.3, 0.4) is 0 Å². The summed E-state index contributed by atoms with van der Waals surface area (Å²) in [5, 5.41) is 0. The van der Waals surface area contributed by atoms with Gasteiger partial charge in [-0.25, -0.2) is 0 Å². The zero-order valence-corrected chi connectivity index (χ0v) is 13.3. The number of aromatic nitrogens is 1. The Hall–Kier alpha value is -1.68. The summed E-state index contributed by atoms with van der Waals surface area (Å²) in [7, 11) is -3.50. The molecule has 0 fully saturated rings. The summed E-state index contributed by atoms with van der Waals surface area (Å²) in [5.41, 5.74) is 4.64. The molecule has 4 heteroatoms. The largest absolute Gasteiger partial charge is 0.399 e. The molecule has 1 aliphatic carbocycles. The number of nitrogens with zero attached hydrogens (tertiary/aromatic N) is 1. The molecule has 0 bridgehead atoms. The van der Waals surface area contributed by atoms with Crippen LogP contribution in [0.4, 0.5) is 0 Å². The molecule has 0 saturated carbocycles. The zero-order valence-electron chi connectivity index (χ0n) is 12.5. The molecular weight excluding hydrogens is 282 g/mol. The fourth-order valence-corrected chi connectivity index (χ4v) is 4.24. The van der Waals surface area contributed by atoms with E-state index in [-0.39, 0.29) is 0 Å². The van der Waals surface area contributed by atoms with Crippen molar-refractivity contribution in [3.63, 3.8) is 0 Å². The lowest BCUT2D eigenvalue weighted by atomic mass is 9.91. The second-order valence-corrected chi connectivity index (χ2v) is 7.64. The van der Waals surface area contributed by atoms with Gasteiger partial charge in [0.1, 0.15) is 4.90 Å². The standard InChI is InChI=1S/C17H20NO2S/c1-13-7-9-16(10-8-13)21(19,20)18-11-14(2)17-6-4-3-5-15(17)12-18/h7-12H,3-6H2,1-2H3/q+1.